The summed E-state index contributed by atoms with van der Waals surface area (Å²) >= 11 is 6.65. The number of benzene rings is 2. The number of anilines is 1. The molecule has 0 aliphatic carbocycles. The Morgan fingerprint density at radius 1 is 1.18 bits per heavy atom. The smallest absolute Gasteiger partial charge is 0.272 e. The maximum Gasteiger partial charge on any atom is 0.272 e. The Labute approximate surface area is 223 Å². The predicted octanol–water partition coefficient (Wildman–Crippen LogP) is 5.40. The van der Waals surface area contributed by atoms with Crippen LogP contribution < -0.4 is 5.32 Å². The topological polar surface area (TPSA) is 115 Å². The van der Waals surface area contributed by atoms with Crippen molar-refractivity contribution in [3.8, 4) is 17.2 Å². The molecule has 0 saturated carbocycles. The summed E-state index contributed by atoms with van der Waals surface area (Å²) in [6.07, 6.45) is 1.99. The molecule has 1 saturated heterocycles. The van der Waals surface area contributed by atoms with Crippen LogP contribution in [0.15, 0.2) is 42.7 Å². The van der Waals surface area contributed by atoms with Crippen molar-refractivity contribution in [1.29, 1.82) is 5.26 Å². The molecule has 10 heteroatoms. The first-order valence-corrected chi connectivity index (χ1v) is 12.5. The lowest BCUT2D eigenvalue weighted by Gasteiger charge is -2.24. The second-order valence-electron chi connectivity index (χ2n) is 9.42. The zero-order chi connectivity index (χ0) is 27.1. The molecule has 2 aromatic heterocycles. The number of likely N-dealkylation sites (tertiary alicyclic amines) is 1. The van der Waals surface area contributed by atoms with Crippen LogP contribution in [0.5, 0.6) is 0 Å². The number of nitriles is 1. The molecule has 0 bridgehead atoms. The van der Waals surface area contributed by atoms with Gasteiger partial charge in [0, 0.05) is 46.1 Å². The van der Waals surface area contributed by atoms with Crippen LogP contribution in [0.2, 0.25) is 5.02 Å². The lowest BCUT2D eigenvalue weighted by Crippen LogP contribution is -2.39. The number of aromatic nitrogens is 3. The second-order valence-corrected chi connectivity index (χ2v) is 9.80. The number of rotatable bonds is 4. The van der Waals surface area contributed by atoms with Crippen LogP contribution in [-0.4, -0.2) is 44.3 Å². The molecule has 8 nitrogen and oxygen atoms in total. The van der Waals surface area contributed by atoms with Crippen molar-refractivity contribution < 1.29 is 14.0 Å². The van der Waals surface area contributed by atoms with Crippen LogP contribution in [0.4, 0.5) is 10.1 Å². The molecule has 2 atom stereocenters. The molecule has 5 rings (SSSR count). The van der Waals surface area contributed by atoms with E-state index in [9.17, 15) is 14.0 Å². The molecule has 0 radical (unpaired) electrons. The van der Waals surface area contributed by atoms with Crippen molar-refractivity contribution in [2.24, 2.45) is 5.92 Å². The van der Waals surface area contributed by atoms with Crippen molar-refractivity contribution >= 4 is 40.0 Å². The Hall–Kier alpha value is -4.29. The average molecular weight is 531 g/mol. The Morgan fingerprint density at radius 2 is 1.92 bits per heavy atom. The van der Waals surface area contributed by atoms with Crippen molar-refractivity contribution in [3.05, 3.63) is 76.2 Å². The van der Waals surface area contributed by atoms with Gasteiger partial charge in [-0.05, 0) is 57.0 Å². The SMILES string of the molecule is Cc1ncnc(C)c1-c1ccc2c(Cl)c(C(=O)N3CC[C@H](C(=O)Nc4ccc(F)c(C#N)c4)[C@@H]3C)[nH]c2c1. The van der Waals surface area contributed by atoms with Gasteiger partial charge in [0.2, 0.25) is 5.91 Å². The van der Waals surface area contributed by atoms with Crippen LogP contribution in [0, 0.1) is 36.9 Å². The van der Waals surface area contributed by atoms with E-state index in [1.165, 1.54) is 18.5 Å². The molecule has 38 heavy (non-hydrogen) atoms. The summed E-state index contributed by atoms with van der Waals surface area (Å²) < 4.78 is 13.6. The second kappa shape index (κ2) is 9.88. The minimum atomic E-state index is -0.652. The number of H-pyrrole nitrogens is 1. The summed E-state index contributed by atoms with van der Waals surface area (Å²) in [5.74, 6) is -1.72. The third-order valence-corrected chi connectivity index (χ3v) is 7.56. The number of fused-ring (bicyclic) bond motifs is 1. The van der Waals surface area contributed by atoms with E-state index >= 15 is 0 Å². The molecule has 1 fully saturated rings. The number of halogens is 2. The molecular weight excluding hydrogens is 507 g/mol. The van der Waals surface area contributed by atoms with Gasteiger partial charge in [-0.1, -0.05) is 23.7 Å². The lowest BCUT2D eigenvalue weighted by molar-refractivity contribution is -0.120. The minimum absolute atomic E-state index is 0.152. The number of carbonyl (C=O) groups is 2. The minimum Gasteiger partial charge on any atom is -0.349 e. The molecule has 0 spiro atoms. The van der Waals surface area contributed by atoms with E-state index in [1.54, 1.807) is 11.0 Å². The predicted molar refractivity (Wildman–Crippen MR) is 142 cm³/mol. The fourth-order valence-electron chi connectivity index (χ4n) is 5.12. The van der Waals surface area contributed by atoms with Crippen LogP contribution >= 0.6 is 11.6 Å². The first-order chi connectivity index (χ1) is 18.2. The Balaban J connectivity index is 1.37. The molecule has 2 aromatic carbocycles. The van der Waals surface area contributed by atoms with Gasteiger partial charge < -0.3 is 15.2 Å². The van der Waals surface area contributed by atoms with Gasteiger partial charge in [-0.2, -0.15) is 5.26 Å². The molecule has 2 amide bonds. The molecule has 192 valence electrons. The molecular formula is C28H24ClFN6O2. The third-order valence-electron chi connectivity index (χ3n) is 7.17. The highest BCUT2D eigenvalue weighted by molar-refractivity contribution is 6.38. The monoisotopic (exact) mass is 530 g/mol. The number of aryl methyl sites for hydroxylation is 2. The van der Waals surface area contributed by atoms with Crippen molar-refractivity contribution in [3.63, 3.8) is 0 Å². The van der Waals surface area contributed by atoms with E-state index < -0.39 is 17.8 Å². The molecule has 3 heterocycles. The standard InChI is InChI=1S/C28H24ClFN6O2/c1-14-24(15(2)33-13-32-14)17-4-6-21-23(11-17)35-26(25(21)29)28(38)36-9-8-20(16(36)3)27(37)34-19-5-7-22(30)18(10-19)12-31/h4-7,10-11,13,16,20,35H,8-9H2,1-3H3,(H,34,37)/t16-,20-/m0/s1. The van der Waals surface area contributed by atoms with Gasteiger partial charge in [0.25, 0.3) is 5.91 Å². The summed E-state index contributed by atoms with van der Waals surface area (Å²) in [4.78, 5) is 39.9. The number of nitrogens with one attached hydrogen (secondary N) is 2. The van der Waals surface area contributed by atoms with Gasteiger partial charge in [-0.25, -0.2) is 14.4 Å². The summed E-state index contributed by atoms with van der Waals surface area (Å²) in [5, 5.41) is 12.8. The van der Waals surface area contributed by atoms with E-state index in [0.29, 0.717) is 29.2 Å². The van der Waals surface area contributed by atoms with Crippen molar-refractivity contribution in [2.75, 3.05) is 11.9 Å². The van der Waals surface area contributed by atoms with Crippen LogP contribution in [-0.2, 0) is 4.79 Å². The highest BCUT2D eigenvalue weighted by Gasteiger charge is 2.39. The van der Waals surface area contributed by atoms with Gasteiger partial charge in [0.1, 0.15) is 23.9 Å². The summed E-state index contributed by atoms with van der Waals surface area (Å²) in [6, 6.07) is 10.9. The van der Waals surface area contributed by atoms with E-state index in [4.69, 9.17) is 16.9 Å². The lowest BCUT2D eigenvalue weighted by atomic mass is 10.0. The number of amides is 2. The van der Waals surface area contributed by atoms with Gasteiger partial charge in [0.05, 0.1) is 16.5 Å². The van der Waals surface area contributed by atoms with E-state index in [0.717, 1.165) is 34.0 Å². The molecule has 0 unspecified atom stereocenters. The maximum absolute atomic E-state index is 13.6. The highest BCUT2D eigenvalue weighted by atomic mass is 35.5. The first kappa shape index (κ1) is 25.4. The molecule has 4 aromatic rings. The fourth-order valence-corrected chi connectivity index (χ4v) is 5.41. The zero-order valence-electron chi connectivity index (χ0n) is 21.0. The molecule has 1 aliphatic heterocycles. The normalized spacial score (nSPS) is 17.0. The van der Waals surface area contributed by atoms with Crippen molar-refractivity contribution in [2.45, 2.75) is 33.2 Å². The largest absolute Gasteiger partial charge is 0.349 e. The summed E-state index contributed by atoms with van der Waals surface area (Å²) in [5.41, 5.74) is 4.70. The third kappa shape index (κ3) is 4.37. The number of aromatic amines is 1. The van der Waals surface area contributed by atoms with Crippen LogP contribution in [0.3, 0.4) is 0 Å². The van der Waals surface area contributed by atoms with Gasteiger partial charge >= 0.3 is 0 Å². The highest BCUT2D eigenvalue weighted by Crippen LogP contribution is 2.35. The van der Waals surface area contributed by atoms with E-state index in [-0.39, 0.29) is 23.1 Å². The number of hydrogen-bond acceptors (Lipinski definition) is 5. The molecule has 1 aliphatic rings. The van der Waals surface area contributed by atoms with Gasteiger partial charge in [-0.15, -0.1) is 0 Å². The molecule has 2 N–H and O–H groups in total. The Kier molecular flexibility index (Phi) is 6.59. The zero-order valence-corrected chi connectivity index (χ0v) is 21.7. The van der Waals surface area contributed by atoms with Crippen LogP contribution in [0.1, 0.15) is 40.8 Å². The maximum atomic E-state index is 13.6. The van der Waals surface area contributed by atoms with Crippen molar-refractivity contribution in [1.82, 2.24) is 19.9 Å². The average Bonchev–Trinajstić information content (AvgIpc) is 3.44. The fraction of sp³-hybridized carbons (Fsp3) is 0.250. The number of hydrogen-bond donors (Lipinski definition) is 2. The van der Waals surface area contributed by atoms with Gasteiger partial charge in [0.15, 0.2) is 0 Å². The summed E-state index contributed by atoms with van der Waals surface area (Å²) in [6.45, 7) is 6.03. The number of carbonyl (C=O) groups excluding carboxylic acids is 2. The van der Waals surface area contributed by atoms with E-state index in [1.807, 2.05) is 39.0 Å². The first-order valence-electron chi connectivity index (χ1n) is 12.1. The Bertz CT molecular complexity index is 1620. The number of nitrogens with zero attached hydrogens (tertiary/aromatic N) is 4. The van der Waals surface area contributed by atoms with Crippen LogP contribution in [0.25, 0.3) is 22.0 Å². The van der Waals surface area contributed by atoms with E-state index in [2.05, 4.69) is 20.3 Å². The summed E-state index contributed by atoms with van der Waals surface area (Å²) in [7, 11) is 0. The van der Waals surface area contributed by atoms with Gasteiger partial charge in [-0.3, -0.25) is 9.59 Å². The Morgan fingerprint density at radius 3 is 2.63 bits per heavy atom. The quantitative estimate of drug-likeness (QED) is 0.367.